The Labute approximate surface area is 122 Å². The number of rotatable bonds is 6. The number of halogens is 2. The maximum Gasteiger partial charge on any atom is 0.253 e. The van der Waals surface area contributed by atoms with Crippen LogP contribution in [-0.4, -0.2) is 30.8 Å². The molecule has 1 aromatic rings. The van der Waals surface area contributed by atoms with Crippen molar-refractivity contribution in [2.75, 3.05) is 13.7 Å². The minimum absolute atomic E-state index is 0.0863. The zero-order valence-corrected chi connectivity index (χ0v) is 12.3. The van der Waals surface area contributed by atoms with Crippen LogP contribution in [0.3, 0.4) is 0 Å². The lowest BCUT2D eigenvalue weighted by molar-refractivity contribution is -0.130. The minimum atomic E-state index is -1.29. The van der Waals surface area contributed by atoms with E-state index in [4.69, 9.17) is 27.9 Å². The van der Waals surface area contributed by atoms with Crippen molar-refractivity contribution in [1.82, 2.24) is 5.32 Å². The van der Waals surface area contributed by atoms with Gasteiger partial charge in [0.15, 0.2) is 6.10 Å². The molecule has 6 heteroatoms. The summed E-state index contributed by atoms with van der Waals surface area (Å²) in [5.41, 5.74) is 0.369. The first kappa shape index (κ1) is 16.2. The Morgan fingerprint density at radius 3 is 2.47 bits per heavy atom. The third-order valence-electron chi connectivity index (χ3n) is 2.59. The number of ether oxygens (including phenoxy) is 1. The second kappa shape index (κ2) is 7.70. The zero-order valence-electron chi connectivity index (χ0n) is 10.8. The fourth-order valence-corrected chi connectivity index (χ4v) is 2.12. The third-order valence-corrected chi connectivity index (χ3v) is 3.03. The molecular weight excluding hydrogens is 289 g/mol. The summed E-state index contributed by atoms with van der Waals surface area (Å²) in [5, 5.41) is 13.4. The third kappa shape index (κ3) is 5.37. The van der Waals surface area contributed by atoms with E-state index in [1.54, 1.807) is 13.2 Å². The van der Waals surface area contributed by atoms with E-state index in [-0.39, 0.29) is 6.04 Å². The van der Waals surface area contributed by atoms with Crippen LogP contribution < -0.4 is 5.32 Å². The first-order chi connectivity index (χ1) is 8.93. The molecule has 0 aliphatic rings. The summed E-state index contributed by atoms with van der Waals surface area (Å²) in [5.74, 6) is -0.484. The SMILES string of the molecule is COCCC(C)NC(=O)C(O)c1cc(Cl)cc(Cl)c1. The van der Waals surface area contributed by atoms with Gasteiger partial charge in [-0.1, -0.05) is 23.2 Å². The molecule has 0 radical (unpaired) electrons. The van der Waals surface area contributed by atoms with Crippen LogP contribution in [0.1, 0.15) is 25.0 Å². The summed E-state index contributed by atoms with van der Waals surface area (Å²) < 4.78 is 4.92. The molecule has 2 unspecified atom stereocenters. The number of aliphatic hydroxyl groups excluding tert-OH is 1. The van der Waals surface area contributed by atoms with E-state index in [0.717, 1.165) is 0 Å². The molecule has 0 bridgehead atoms. The lowest BCUT2D eigenvalue weighted by atomic mass is 10.1. The molecule has 4 nitrogen and oxygen atoms in total. The van der Waals surface area contributed by atoms with Crippen LogP contribution in [0.5, 0.6) is 0 Å². The molecular formula is C13H17Cl2NO3. The maximum atomic E-state index is 11.9. The monoisotopic (exact) mass is 305 g/mol. The number of aliphatic hydroxyl groups is 1. The highest BCUT2D eigenvalue weighted by atomic mass is 35.5. The topological polar surface area (TPSA) is 58.6 Å². The van der Waals surface area contributed by atoms with Gasteiger partial charge in [-0.05, 0) is 37.1 Å². The second-order valence-corrected chi connectivity index (χ2v) is 5.17. The van der Waals surface area contributed by atoms with Crippen LogP contribution in [0.25, 0.3) is 0 Å². The normalized spacial score (nSPS) is 13.9. The Hall–Kier alpha value is -0.810. The molecule has 2 N–H and O–H groups in total. The molecule has 1 rings (SSSR count). The van der Waals surface area contributed by atoms with Crippen molar-refractivity contribution in [3.8, 4) is 0 Å². The summed E-state index contributed by atoms with van der Waals surface area (Å²) in [6.07, 6.45) is -0.619. The van der Waals surface area contributed by atoms with E-state index in [2.05, 4.69) is 5.32 Å². The summed E-state index contributed by atoms with van der Waals surface area (Å²) in [4.78, 5) is 11.9. The van der Waals surface area contributed by atoms with E-state index < -0.39 is 12.0 Å². The Kier molecular flexibility index (Phi) is 6.58. The van der Waals surface area contributed by atoms with E-state index in [0.29, 0.717) is 28.6 Å². The molecule has 0 heterocycles. The molecule has 0 spiro atoms. The average Bonchev–Trinajstić information content (AvgIpc) is 2.34. The Balaban J connectivity index is 2.65. The van der Waals surface area contributed by atoms with Gasteiger partial charge in [0.2, 0.25) is 0 Å². The molecule has 0 aliphatic heterocycles. The van der Waals surface area contributed by atoms with Crippen LogP contribution in [0.15, 0.2) is 18.2 Å². The van der Waals surface area contributed by atoms with Crippen molar-refractivity contribution in [2.24, 2.45) is 0 Å². The largest absolute Gasteiger partial charge is 0.385 e. The van der Waals surface area contributed by atoms with E-state index in [1.165, 1.54) is 12.1 Å². The van der Waals surface area contributed by atoms with Gasteiger partial charge in [-0.25, -0.2) is 0 Å². The van der Waals surface area contributed by atoms with Crippen LogP contribution >= 0.6 is 23.2 Å². The molecule has 1 amide bonds. The van der Waals surface area contributed by atoms with Gasteiger partial charge in [-0.3, -0.25) is 4.79 Å². The molecule has 1 aromatic carbocycles. The van der Waals surface area contributed by atoms with Crippen molar-refractivity contribution in [3.05, 3.63) is 33.8 Å². The highest BCUT2D eigenvalue weighted by Gasteiger charge is 2.19. The predicted molar refractivity (Wildman–Crippen MR) is 75.5 cm³/mol. The van der Waals surface area contributed by atoms with Crippen molar-refractivity contribution >= 4 is 29.1 Å². The number of hydrogen-bond donors (Lipinski definition) is 2. The Morgan fingerprint density at radius 1 is 1.37 bits per heavy atom. The second-order valence-electron chi connectivity index (χ2n) is 4.30. The molecule has 0 saturated carbocycles. The number of hydrogen-bond acceptors (Lipinski definition) is 3. The summed E-state index contributed by atoms with van der Waals surface area (Å²) in [6.45, 7) is 2.38. The van der Waals surface area contributed by atoms with E-state index in [1.807, 2.05) is 6.92 Å². The smallest absolute Gasteiger partial charge is 0.253 e. The molecule has 0 aliphatic carbocycles. The van der Waals surface area contributed by atoms with Crippen LogP contribution in [0.2, 0.25) is 10.0 Å². The molecule has 0 fully saturated rings. The van der Waals surface area contributed by atoms with Crippen molar-refractivity contribution < 1.29 is 14.6 Å². The van der Waals surface area contributed by atoms with Gasteiger partial charge in [-0.15, -0.1) is 0 Å². The van der Waals surface area contributed by atoms with Gasteiger partial charge < -0.3 is 15.2 Å². The first-order valence-electron chi connectivity index (χ1n) is 5.87. The van der Waals surface area contributed by atoms with Crippen molar-refractivity contribution in [2.45, 2.75) is 25.5 Å². The lowest BCUT2D eigenvalue weighted by Crippen LogP contribution is -2.36. The molecule has 19 heavy (non-hydrogen) atoms. The van der Waals surface area contributed by atoms with Gasteiger partial charge >= 0.3 is 0 Å². The van der Waals surface area contributed by atoms with Gasteiger partial charge in [0, 0.05) is 29.8 Å². The van der Waals surface area contributed by atoms with Gasteiger partial charge in [0.1, 0.15) is 0 Å². The lowest BCUT2D eigenvalue weighted by Gasteiger charge is -2.17. The fourth-order valence-electron chi connectivity index (χ4n) is 1.57. The highest BCUT2D eigenvalue weighted by Crippen LogP contribution is 2.23. The number of amides is 1. The molecule has 0 aromatic heterocycles. The van der Waals surface area contributed by atoms with Crippen LogP contribution in [0, 0.1) is 0 Å². The number of methoxy groups -OCH3 is 1. The van der Waals surface area contributed by atoms with Gasteiger partial charge in [0.05, 0.1) is 0 Å². The summed E-state index contributed by atoms with van der Waals surface area (Å²) in [7, 11) is 1.59. The van der Waals surface area contributed by atoms with E-state index >= 15 is 0 Å². The van der Waals surface area contributed by atoms with Gasteiger partial charge in [-0.2, -0.15) is 0 Å². The van der Waals surface area contributed by atoms with Crippen molar-refractivity contribution in [1.29, 1.82) is 0 Å². The maximum absolute atomic E-state index is 11.9. The number of carbonyl (C=O) groups excluding carboxylic acids is 1. The number of benzene rings is 1. The summed E-state index contributed by atoms with van der Waals surface area (Å²) >= 11 is 11.7. The van der Waals surface area contributed by atoms with Crippen molar-refractivity contribution in [3.63, 3.8) is 0 Å². The fraction of sp³-hybridized carbons (Fsp3) is 0.462. The highest BCUT2D eigenvalue weighted by molar-refractivity contribution is 6.34. The predicted octanol–water partition coefficient (Wildman–Crippen LogP) is 2.57. The minimum Gasteiger partial charge on any atom is -0.385 e. The van der Waals surface area contributed by atoms with Gasteiger partial charge in [0.25, 0.3) is 5.91 Å². The Morgan fingerprint density at radius 2 is 1.95 bits per heavy atom. The summed E-state index contributed by atoms with van der Waals surface area (Å²) in [6, 6.07) is 4.48. The quantitative estimate of drug-likeness (QED) is 0.849. The van der Waals surface area contributed by atoms with Crippen LogP contribution in [-0.2, 0) is 9.53 Å². The number of carbonyl (C=O) groups is 1. The molecule has 0 saturated heterocycles. The molecule has 106 valence electrons. The number of nitrogens with one attached hydrogen (secondary N) is 1. The molecule has 2 atom stereocenters. The first-order valence-corrected chi connectivity index (χ1v) is 6.63. The standard InChI is InChI=1S/C13H17Cl2NO3/c1-8(3-4-19-2)16-13(18)12(17)9-5-10(14)7-11(15)6-9/h5-8,12,17H,3-4H2,1-2H3,(H,16,18). The Bertz CT molecular complexity index is 420. The van der Waals surface area contributed by atoms with E-state index in [9.17, 15) is 9.90 Å². The average molecular weight is 306 g/mol. The van der Waals surface area contributed by atoms with Crippen LogP contribution in [0.4, 0.5) is 0 Å². The zero-order chi connectivity index (χ0) is 14.4.